The third kappa shape index (κ3) is 5.49. The topological polar surface area (TPSA) is 72.6 Å². The van der Waals surface area contributed by atoms with Crippen LogP contribution in [0.5, 0.6) is 5.75 Å². The highest BCUT2D eigenvalue weighted by Gasteiger charge is 2.42. The number of fused-ring (bicyclic) bond motifs is 1. The number of aromatic amines is 1. The summed E-state index contributed by atoms with van der Waals surface area (Å²) < 4.78 is 20.2. The van der Waals surface area contributed by atoms with Crippen molar-refractivity contribution in [2.24, 2.45) is 5.41 Å². The molecule has 1 amide bonds. The molecule has 2 aromatic carbocycles. The normalized spacial score (nSPS) is 19.9. The molecule has 1 aliphatic heterocycles. The lowest BCUT2D eigenvalue weighted by Crippen LogP contribution is -2.38. The molecule has 0 bridgehead atoms. The predicted molar refractivity (Wildman–Crippen MR) is 152 cm³/mol. The average molecular weight is 550 g/mol. The molecule has 2 heterocycles. The van der Waals surface area contributed by atoms with Gasteiger partial charge >= 0.3 is 6.09 Å². The number of H-pyrrole nitrogens is 1. The molecular weight excluding hydrogens is 510 g/mol. The number of carbonyl (C=O) groups is 1. The maximum Gasteiger partial charge on any atom is 0.412 e. The molecule has 3 aliphatic rings. The van der Waals surface area contributed by atoms with Crippen LogP contribution in [-0.2, 0) is 24.2 Å². The Morgan fingerprint density at radius 1 is 1.08 bits per heavy atom. The summed E-state index contributed by atoms with van der Waals surface area (Å²) in [4.78, 5) is 14.6. The fraction of sp³-hybridized carbons (Fsp3) is 0.516. The van der Waals surface area contributed by atoms with E-state index in [0.717, 1.165) is 42.8 Å². The van der Waals surface area contributed by atoms with Gasteiger partial charge in [0.1, 0.15) is 36.0 Å². The van der Waals surface area contributed by atoms with E-state index in [2.05, 4.69) is 41.5 Å². The summed E-state index contributed by atoms with van der Waals surface area (Å²) in [6.07, 6.45) is 10.6. The zero-order chi connectivity index (χ0) is 27.0. The zero-order valence-corrected chi connectivity index (χ0v) is 24.0. The molecule has 2 aliphatic carbocycles. The fourth-order valence-corrected chi connectivity index (χ4v) is 7.21. The molecule has 3 aromatic rings. The van der Waals surface area contributed by atoms with Gasteiger partial charge in [-0.25, -0.2) is 4.79 Å². The number of nitrogens with zero attached hydrogens (tertiary/aromatic N) is 2. The summed E-state index contributed by atoms with van der Waals surface area (Å²) in [5.74, 6) is 1.82. The largest absolute Gasteiger partial charge is 0.489 e. The third-order valence-electron chi connectivity index (χ3n) is 8.31. The van der Waals surface area contributed by atoms with E-state index in [1.54, 1.807) is 4.90 Å². The van der Waals surface area contributed by atoms with Gasteiger partial charge in [0, 0.05) is 12.1 Å². The third-order valence-corrected chi connectivity index (χ3v) is 9.07. The van der Waals surface area contributed by atoms with Crippen molar-refractivity contribution in [3.63, 3.8) is 0 Å². The zero-order valence-electron chi connectivity index (χ0n) is 23.2. The van der Waals surface area contributed by atoms with Crippen molar-refractivity contribution in [2.45, 2.75) is 90.5 Å². The van der Waals surface area contributed by atoms with Crippen LogP contribution in [0.3, 0.4) is 0 Å². The van der Waals surface area contributed by atoms with Gasteiger partial charge in [0.2, 0.25) is 0 Å². The number of nitrogens with one attached hydrogen (secondary N) is 1. The van der Waals surface area contributed by atoms with Gasteiger partial charge in [-0.15, -0.1) is 0 Å². The van der Waals surface area contributed by atoms with E-state index in [9.17, 15) is 4.79 Å². The number of benzene rings is 2. The molecule has 1 atom stereocenters. The van der Waals surface area contributed by atoms with Crippen LogP contribution in [0.2, 0.25) is 0 Å². The van der Waals surface area contributed by atoms with Crippen LogP contribution in [0.25, 0.3) is 11.3 Å². The van der Waals surface area contributed by atoms with Crippen LogP contribution in [-0.4, -0.2) is 32.3 Å². The Hall–Kier alpha value is -3.13. The number of hydrogen-bond acceptors (Lipinski definition) is 5. The van der Waals surface area contributed by atoms with Crippen LogP contribution in [0.4, 0.5) is 4.79 Å². The van der Waals surface area contributed by atoms with Gasteiger partial charge in [-0.2, -0.15) is 4.07 Å². The van der Waals surface area contributed by atoms with Gasteiger partial charge in [-0.1, -0.05) is 43.2 Å². The molecule has 1 spiro atoms. The summed E-state index contributed by atoms with van der Waals surface area (Å²) in [7, 11) is 0. The van der Waals surface area contributed by atoms with Crippen molar-refractivity contribution < 1.29 is 18.1 Å². The first-order valence-corrected chi connectivity index (χ1v) is 14.9. The maximum absolute atomic E-state index is 12.8. The number of likely N-dealkylation sites (tertiary alicyclic amines) is 1. The average Bonchev–Trinajstić information content (AvgIpc) is 3.67. The Morgan fingerprint density at radius 2 is 1.85 bits per heavy atom. The second-order valence-electron chi connectivity index (χ2n) is 12.3. The minimum absolute atomic E-state index is 0.135. The molecule has 1 saturated carbocycles. The van der Waals surface area contributed by atoms with Gasteiger partial charge in [-0.3, -0.25) is 10.00 Å². The Morgan fingerprint density at radius 3 is 2.56 bits per heavy atom. The van der Waals surface area contributed by atoms with Gasteiger partial charge in [-0.05, 0) is 93.5 Å². The molecule has 208 valence electrons. The molecule has 7 nitrogen and oxygen atoms in total. The van der Waals surface area contributed by atoms with Crippen molar-refractivity contribution in [3.05, 3.63) is 65.4 Å². The summed E-state index contributed by atoms with van der Waals surface area (Å²) in [6.45, 7) is 6.94. The first kappa shape index (κ1) is 26.1. The first-order valence-electron chi connectivity index (χ1n) is 14.2. The summed E-state index contributed by atoms with van der Waals surface area (Å²) in [6, 6.07) is 14.6. The molecule has 0 unspecified atom stereocenters. The van der Waals surface area contributed by atoms with Gasteiger partial charge in [0.25, 0.3) is 0 Å². The molecule has 1 saturated heterocycles. The quantitative estimate of drug-likeness (QED) is 0.350. The molecule has 2 fully saturated rings. The smallest absolute Gasteiger partial charge is 0.412 e. The Kier molecular flexibility index (Phi) is 7.00. The second kappa shape index (κ2) is 10.5. The second-order valence-corrected chi connectivity index (χ2v) is 13.0. The van der Waals surface area contributed by atoms with E-state index in [1.165, 1.54) is 54.2 Å². The molecule has 0 radical (unpaired) electrons. The SMILES string of the molecule is CC(C)(C)OC(=O)N1CCC[C@H]1n1[nH]cc(-c2ccc(OCc3ccccc3)c3c2CC2(CCCC2)C3)os1. The monoisotopic (exact) mass is 549 g/mol. The van der Waals surface area contributed by atoms with Crippen molar-refractivity contribution in [1.29, 1.82) is 0 Å². The Labute approximate surface area is 234 Å². The summed E-state index contributed by atoms with van der Waals surface area (Å²) in [5.41, 5.74) is 4.84. The van der Waals surface area contributed by atoms with Crippen LogP contribution >= 0.6 is 11.8 Å². The van der Waals surface area contributed by atoms with Crippen LogP contribution < -0.4 is 4.74 Å². The van der Waals surface area contributed by atoms with E-state index in [-0.39, 0.29) is 12.3 Å². The van der Waals surface area contributed by atoms with E-state index in [1.807, 2.05) is 37.1 Å². The predicted octanol–water partition coefficient (Wildman–Crippen LogP) is 8.03. The summed E-state index contributed by atoms with van der Waals surface area (Å²) in [5, 5.41) is 3.40. The van der Waals surface area contributed by atoms with E-state index >= 15 is 0 Å². The Bertz CT molecular complexity index is 1330. The van der Waals surface area contributed by atoms with Gasteiger partial charge < -0.3 is 13.3 Å². The lowest BCUT2D eigenvalue weighted by molar-refractivity contribution is 0.0160. The number of aromatic nitrogens is 2. The highest BCUT2D eigenvalue weighted by atomic mass is 32.1. The highest BCUT2D eigenvalue weighted by Crippen LogP contribution is 2.53. The van der Waals surface area contributed by atoms with Crippen LogP contribution in [0.1, 0.15) is 82.2 Å². The molecule has 6 rings (SSSR count). The van der Waals surface area contributed by atoms with Crippen molar-refractivity contribution >= 4 is 17.9 Å². The van der Waals surface area contributed by atoms with Crippen molar-refractivity contribution in [2.75, 3.05) is 6.54 Å². The number of ether oxygens (including phenoxy) is 2. The lowest BCUT2D eigenvalue weighted by atomic mass is 9.83. The minimum Gasteiger partial charge on any atom is -0.489 e. The highest BCUT2D eigenvalue weighted by molar-refractivity contribution is 6.96. The van der Waals surface area contributed by atoms with Crippen LogP contribution in [0.15, 0.2) is 52.5 Å². The van der Waals surface area contributed by atoms with E-state index < -0.39 is 5.60 Å². The number of rotatable bonds is 5. The first-order chi connectivity index (χ1) is 18.8. The summed E-state index contributed by atoms with van der Waals surface area (Å²) >= 11 is 1.26. The molecule has 1 aromatic heterocycles. The fourth-order valence-electron chi connectivity index (χ4n) is 6.49. The molecular formula is C31H39N3O4S. The molecule has 1 N–H and O–H groups in total. The molecule has 39 heavy (non-hydrogen) atoms. The van der Waals surface area contributed by atoms with Crippen molar-refractivity contribution in [3.8, 4) is 17.1 Å². The van der Waals surface area contributed by atoms with E-state index in [0.29, 0.717) is 18.6 Å². The van der Waals surface area contributed by atoms with E-state index in [4.69, 9.17) is 13.3 Å². The number of carbonyl (C=O) groups excluding carboxylic acids is 1. The maximum atomic E-state index is 12.8. The van der Waals surface area contributed by atoms with Crippen LogP contribution in [0, 0.1) is 5.41 Å². The van der Waals surface area contributed by atoms with Gasteiger partial charge in [0.15, 0.2) is 5.76 Å². The minimum atomic E-state index is -0.524. The number of hydrogen-bond donors (Lipinski definition) is 1. The standard InChI is InChI=1S/C31H39N3O4S/c1-30(2,3)37-29(35)33-17-9-12-28(33)34-32-20-27(38-39-34)23-13-14-26(36-21-22-10-5-4-6-11-22)25-19-31(18-24(23)25)15-7-8-16-31/h4-6,10-11,13-14,20,28,32H,7-9,12,15-19,21H2,1-3H3/t28-/m1/s1. The van der Waals surface area contributed by atoms with Crippen molar-refractivity contribution in [1.82, 2.24) is 14.1 Å². The lowest BCUT2D eigenvalue weighted by Gasteiger charge is -2.28. The molecule has 8 heteroatoms. The Balaban J connectivity index is 1.26. The number of amides is 1. The van der Waals surface area contributed by atoms with Gasteiger partial charge in [0.05, 0.1) is 6.20 Å².